The number of nitrogens with one attached hydrogen (secondary N) is 2. The van der Waals surface area contributed by atoms with Crippen LogP contribution in [-0.2, 0) is 6.54 Å². The number of aliphatic imine (C=N–C) groups is 1. The van der Waals surface area contributed by atoms with Crippen molar-refractivity contribution >= 4 is 11.9 Å². The number of nitrogens with zero attached hydrogens (tertiary/aromatic N) is 2. The van der Waals surface area contributed by atoms with Crippen molar-refractivity contribution in [3.8, 4) is 5.75 Å². The molecule has 2 aromatic rings. The van der Waals surface area contributed by atoms with E-state index >= 15 is 0 Å². The minimum absolute atomic E-state index is 0.0435. The standard InChI is InChI=1S/C20H24F2N4O2/c1-23-20(24-10-11-28-16-8-9-17(21)18(22)12-16)25-13-14-4-6-15(7-5-14)19(27)26(2)3/h4-9,12H,10-11,13H2,1-3H3,(H2,23,24,25). The highest BCUT2D eigenvalue weighted by Crippen LogP contribution is 2.15. The van der Waals surface area contributed by atoms with E-state index in [2.05, 4.69) is 15.6 Å². The van der Waals surface area contributed by atoms with Crippen molar-refractivity contribution in [3.05, 3.63) is 65.2 Å². The SMILES string of the molecule is CN=C(NCCOc1ccc(F)c(F)c1)NCc1ccc(C(=O)N(C)C)cc1. The zero-order chi connectivity index (χ0) is 20.5. The molecule has 0 atom stereocenters. The van der Waals surface area contributed by atoms with E-state index in [1.54, 1.807) is 33.3 Å². The van der Waals surface area contributed by atoms with Gasteiger partial charge in [-0.15, -0.1) is 0 Å². The molecule has 0 bridgehead atoms. The molecule has 0 unspecified atom stereocenters. The summed E-state index contributed by atoms with van der Waals surface area (Å²) in [7, 11) is 5.07. The van der Waals surface area contributed by atoms with Crippen LogP contribution in [0, 0.1) is 11.6 Å². The Morgan fingerprint density at radius 1 is 1.07 bits per heavy atom. The number of carbonyl (C=O) groups excluding carboxylic acids is 1. The summed E-state index contributed by atoms with van der Waals surface area (Å²) in [5.41, 5.74) is 1.63. The largest absolute Gasteiger partial charge is 0.492 e. The topological polar surface area (TPSA) is 66.0 Å². The van der Waals surface area contributed by atoms with Crippen molar-refractivity contribution in [2.24, 2.45) is 4.99 Å². The average Bonchev–Trinajstić information content (AvgIpc) is 2.69. The van der Waals surface area contributed by atoms with Gasteiger partial charge < -0.3 is 20.3 Å². The second-order valence-corrected chi connectivity index (χ2v) is 6.17. The Labute approximate surface area is 163 Å². The fourth-order valence-corrected chi connectivity index (χ4v) is 2.33. The normalized spacial score (nSPS) is 11.1. The summed E-state index contributed by atoms with van der Waals surface area (Å²) in [6, 6.07) is 10.7. The van der Waals surface area contributed by atoms with Crippen LogP contribution in [0.25, 0.3) is 0 Å². The smallest absolute Gasteiger partial charge is 0.253 e. The van der Waals surface area contributed by atoms with Crippen LogP contribution in [0.3, 0.4) is 0 Å². The molecule has 0 radical (unpaired) electrons. The second kappa shape index (κ2) is 10.2. The van der Waals surface area contributed by atoms with Gasteiger partial charge in [0.05, 0.1) is 6.54 Å². The van der Waals surface area contributed by atoms with Gasteiger partial charge in [0.25, 0.3) is 5.91 Å². The van der Waals surface area contributed by atoms with Crippen LogP contribution < -0.4 is 15.4 Å². The van der Waals surface area contributed by atoms with E-state index in [0.717, 1.165) is 17.7 Å². The number of halogens is 2. The van der Waals surface area contributed by atoms with E-state index < -0.39 is 11.6 Å². The zero-order valence-electron chi connectivity index (χ0n) is 16.1. The number of carbonyl (C=O) groups is 1. The molecule has 0 spiro atoms. The molecule has 2 aromatic carbocycles. The highest BCUT2D eigenvalue weighted by molar-refractivity contribution is 5.93. The summed E-state index contributed by atoms with van der Waals surface area (Å²) in [5.74, 6) is -1.06. The minimum atomic E-state index is -0.943. The molecule has 0 heterocycles. The van der Waals surface area contributed by atoms with E-state index in [0.29, 0.717) is 24.6 Å². The number of hydrogen-bond acceptors (Lipinski definition) is 3. The fraction of sp³-hybridized carbons (Fsp3) is 0.300. The van der Waals surface area contributed by atoms with E-state index in [-0.39, 0.29) is 18.3 Å². The van der Waals surface area contributed by atoms with Crippen LogP contribution in [0.5, 0.6) is 5.75 Å². The maximum Gasteiger partial charge on any atom is 0.253 e. The molecule has 8 heteroatoms. The van der Waals surface area contributed by atoms with Crippen molar-refractivity contribution in [2.75, 3.05) is 34.3 Å². The average molecular weight is 390 g/mol. The maximum atomic E-state index is 13.1. The molecule has 150 valence electrons. The minimum Gasteiger partial charge on any atom is -0.492 e. The predicted octanol–water partition coefficient (Wildman–Crippen LogP) is 2.41. The quantitative estimate of drug-likeness (QED) is 0.433. The van der Waals surface area contributed by atoms with Gasteiger partial charge in [-0.25, -0.2) is 8.78 Å². The Morgan fingerprint density at radius 3 is 2.39 bits per heavy atom. The molecule has 0 aliphatic rings. The van der Waals surface area contributed by atoms with Crippen LogP contribution in [0.1, 0.15) is 15.9 Å². The number of amides is 1. The highest BCUT2D eigenvalue weighted by atomic mass is 19.2. The molecule has 0 saturated heterocycles. The van der Waals surface area contributed by atoms with Gasteiger partial charge in [-0.3, -0.25) is 9.79 Å². The Morgan fingerprint density at radius 2 is 1.79 bits per heavy atom. The van der Waals surface area contributed by atoms with Crippen molar-refractivity contribution < 1.29 is 18.3 Å². The molecule has 0 aromatic heterocycles. The van der Waals surface area contributed by atoms with E-state index in [1.165, 1.54) is 11.0 Å². The lowest BCUT2D eigenvalue weighted by Crippen LogP contribution is -2.38. The van der Waals surface area contributed by atoms with Gasteiger partial charge in [0.15, 0.2) is 17.6 Å². The zero-order valence-corrected chi connectivity index (χ0v) is 16.1. The van der Waals surface area contributed by atoms with Crippen molar-refractivity contribution in [1.82, 2.24) is 15.5 Å². The van der Waals surface area contributed by atoms with Gasteiger partial charge in [0.1, 0.15) is 12.4 Å². The molecule has 0 saturated carbocycles. The lowest BCUT2D eigenvalue weighted by atomic mass is 10.1. The van der Waals surface area contributed by atoms with E-state index in [4.69, 9.17) is 4.74 Å². The Balaban J connectivity index is 1.75. The molecule has 2 N–H and O–H groups in total. The van der Waals surface area contributed by atoms with Gasteiger partial charge in [-0.2, -0.15) is 0 Å². The van der Waals surface area contributed by atoms with Crippen LogP contribution >= 0.6 is 0 Å². The molecular weight excluding hydrogens is 366 g/mol. The molecule has 1 amide bonds. The van der Waals surface area contributed by atoms with Crippen LogP contribution in [0.2, 0.25) is 0 Å². The first kappa shape index (κ1) is 21.1. The molecule has 0 aliphatic carbocycles. The first-order valence-electron chi connectivity index (χ1n) is 8.73. The van der Waals surface area contributed by atoms with Gasteiger partial charge in [-0.1, -0.05) is 12.1 Å². The van der Waals surface area contributed by atoms with Gasteiger partial charge in [0.2, 0.25) is 0 Å². The fourth-order valence-electron chi connectivity index (χ4n) is 2.33. The Bertz CT molecular complexity index is 823. The number of hydrogen-bond donors (Lipinski definition) is 2. The number of ether oxygens (including phenoxy) is 1. The van der Waals surface area contributed by atoms with Crippen LogP contribution in [0.15, 0.2) is 47.5 Å². The highest BCUT2D eigenvalue weighted by Gasteiger charge is 2.07. The summed E-state index contributed by atoms with van der Waals surface area (Å²) < 4.78 is 31.4. The Hall–Kier alpha value is -3.16. The number of rotatable bonds is 7. The third-order valence-corrected chi connectivity index (χ3v) is 3.84. The summed E-state index contributed by atoms with van der Waals surface area (Å²) in [5, 5.41) is 6.22. The van der Waals surface area contributed by atoms with Crippen molar-refractivity contribution in [2.45, 2.75) is 6.54 Å². The summed E-state index contributed by atoms with van der Waals surface area (Å²) in [6.07, 6.45) is 0. The van der Waals surface area contributed by atoms with Gasteiger partial charge in [0, 0.05) is 39.3 Å². The summed E-state index contributed by atoms with van der Waals surface area (Å²) in [6.45, 7) is 1.21. The van der Waals surface area contributed by atoms with Gasteiger partial charge in [-0.05, 0) is 29.8 Å². The molecule has 28 heavy (non-hydrogen) atoms. The van der Waals surface area contributed by atoms with Crippen LogP contribution in [-0.4, -0.2) is 51.1 Å². The van der Waals surface area contributed by atoms with Crippen molar-refractivity contribution in [1.29, 1.82) is 0 Å². The summed E-state index contributed by atoms with van der Waals surface area (Å²) >= 11 is 0. The lowest BCUT2D eigenvalue weighted by molar-refractivity contribution is 0.0827. The monoisotopic (exact) mass is 390 g/mol. The van der Waals surface area contributed by atoms with Gasteiger partial charge >= 0.3 is 0 Å². The molecule has 2 rings (SSSR count). The molecule has 6 nitrogen and oxygen atoms in total. The first-order valence-corrected chi connectivity index (χ1v) is 8.73. The second-order valence-electron chi connectivity index (χ2n) is 6.17. The first-order chi connectivity index (χ1) is 13.4. The predicted molar refractivity (Wildman–Crippen MR) is 105 cm³/mol. The number of benzene rings is 2. The van der Waals surface area contributed by atoms with E-state index in [1.807, 2.05) is 12.1 Å². The van der Waals surface area contributed by atoms with E-state index in [9.17, 15) is 13.6 Å². The number of guanidine groups is 1. The lowest BCUT2D eigenvalue weighted by Gasteiger charge is -2.13. The molecule has 0 fully saturated rings. The third-order valence-electron chi connectivity index (χ3n) is 3.84. The Kier molecular flexibility index (Phi) is 7.74. The summed E-state index contributed by atoms with van der Waals surface area (Å²) in [4.78, 5) is 17.5. The maximum absolute atomic E-state index is 13.1. The molecule has 0 aliphatic heterocycles. The molecular formula is C20H24F2N4O2. The van der Waals surface area contributed by atoms with Crippen molar-refractivity contribution in [3.63, 3.8) is 0 Å². The third kappa shape index (κ3) is 6.22. The van der Waals surface area contributed by atoms with Crippen LogP contribution in [0.4, 0.5) is 8.78 Å².